The van der Waals surface area contributed by atoms with Gasteiger partial charge in [-0.25, -0.2) is 12.4 Å². The maximum absolute atomic E-state index is 13.2. The molecule has 0 aliphatic heterocycles. The summed E-state index contributed by atoms with van der Waals surface area (Å²) in [6.07, 6.45) is 1.70. The van der Waals surface area contributed by atoms with E-state index in [1.54, 1.807) is 18.3 Å². The summed E-state index contributed by atoms with van der Waals surface area (Å²) in [6.45, 7) is 4.54. The molecule has 3 aromatic rings. The highest BCUT2D eigenvalue weighted by atomic mass is 35.5. The third-order valence-corrected chi connectivity index (χ3v) is 5.91. The lowest BCUT2D eigenvalue weighted by Gasteiger charge is -2.12. The molecule has 0 radical (unpaired) electrons. The molecular weight excluding hydrogens is 368 g/mol. The van der Waals surface area contributed by atoms with Crippen molar-refractivity contribution in [2.45, 2.75) is 25.3 Å². The molecule has 1 aromatic heterocycles. The zero-order chi connectivity index (χ0) is 18.0. The van der Waals surface area contributed by atoms with Gasteiger partial charge in [-0.05, 0) is 50.2 Å². The van der Waals surface area contributed by atoms with Crippen LogP contribution in [0.2, 0.25) is 0 Å². The number of halogens is 1. The lowest BCUT2D eigenvalue weighted by molar-refractivity contribution is 0.588. The molecule has 0 unspecified atom stereocenters. The molecule has 0 atom stereocenters. The van der Waals surface area contributed by atoms with E-state index < -0.39 is 10.0 Å². The van der Waals surface area contributed by atoms with Crippen LogP contribution in [0.1, 0.15) is 16.7 Å². The van der Waals surface area contributed by atoms with Crippen molar-refractivity contribution >= 4 is 22.4 Å². The molecule has 0 spiro atoms. The molecule has 1 heterocycles. The molecule has 0 saturated heterocycles. The lowest BCUT2D eigenvalue weighted by Crippen LogP contribution is -2.13. The molecule has 6 heteroatoms. The van der Waals surface area contributed by atoms with Crippen LogP contribution >= 0.6 is 12.4 Å². The number of nitrogens with zero attached hydrogens (tertiary/aromatic N) is 1. The maximum atomic E-state index is 13.2. The fourth-order valence-electron chi connectivity index (χ4n) is 2.88. The summed E-state index contributed by atoms with van der Waals surface area (Å²) < 4.78 is 27.8. The van der Waals surface area contributed by atoms with E-state index >= 15 is 0 Å². The van der Waals surface area contributed by atoms with Crippen LogP contribution < -0.4 is 5.32 Å². The number of aromatic nitrogens is 1. The van der Waals surface area contributed by atoms with Gasteiger partial charge in [-0.2, -0.15) is 0 Å². The predicted octanol–water partition coefficient (Wildman–Crippen LogP) is 4.15. The first kappa shape index (κ1) is 20.2. The van der Waals surface area contributed by atoms with Crippen LogP contribution in [0, 0.1) is 13.8 Å². The minimum atomic E-state index is -3.66. The standard InChI is InChI=1S/C20H22N2O2S.ClH/c1-15-8-10-18(11-9-15)25(23,24)22-14-17(13-21-3)12-20(22)19-7-5-4-6-16(19)2;/h4-12,14,21H,13H2,1-3H3;1H. The largest absolute Gasteiger partial charge is 0.316 e. The van der Waals surface area contributed by atoms with Gasteiger partial charge in [-0.3, -0.25) is 0 Å². The van der Waals surface area contributed by atoms with E-state index in [0.29, 0.717) is 17.1 Å². The lowest BCUT2D eigenvalue weighted by atomic mass is 10.1. The first-order valence-corrected chi connectivity index (χ1v) is 9.61. The summed E-state index contributed by atoms with van der Waals surface area (Å²) in [5.74, 6) is 0. The maximum Gasteiger partial charge on any atom is 0.268 e. The quantitative estimate of drug-likeness (QED) is 0.712. The van der Waals surface area contributed by atoms with Crippen molar-refractivity contribution < 1.29 is 8.42 Å². The highest BCUT2D eigenvalue weighted by molar-refractivity contribution is 7.90. The Hall–Kier alpha value is -2.08. The van der Waals surface area contributed by atoms with Gasteiger partial charge >= 0.3 is 0 Å². The fraction of sp³-hybridized carbons (Fsp3) is 0.200. The zero-order valence-electron chi connectivity index (χ0n) is 15.1. The Morgan fingerprint density at radius 2 is 1.65 bits per heavy atom. The van der Waals surface area contributed by atoms with Gasteiger partial charge in [0.05, 0.1) is 10.6 Å². The molecule has 2 aromatic carbocycles. The van der Waals surface area contributed by atoms with Gasteiger partial charge in [-0.15, -0.1) is 12.4 Å². The third-order valence-electron chi connectivity index (χ3n) is 4.22. The number of hydrogen-bond donors (Lipinski definition) is 1. The minimum absolute atomic E-state index is 0. The van der Waals surface area contributed by atoms with Crippen LogP contribution in [0.4, 0.5) is 0 Å². The van der Waals surface area contributed by atoms with Crippen molar-refractivity contribution in [3.63, 3.8) is 0 Å². The zero-order valence-corrected chi connectivity index (χ0v) is 16.7. The number of benzene rings is 2. The third kappa shape index (κ3) is 3.85. The number of aryl methyl sites for hydroxylation is 2. The van der Waals surface area contributed by atoms with Crippen molar-refractivity contribution in [1.29, 1.82) is 0 Å². The molecule has 0 amide bonds. The van der Waals surface area contributed by atoms with E-state index in [1.165, 1.54) is 3.97 Å². The van der Waals surface area contributed by atoms with E-state index in [1.807, 2.05) is 63.4 Å². The first-order valence-electron chi connectivity index (χ1n) is 8.17. The van der Waals surface area contributed by atoms with Gasteiger partial charge in [0.2, 0.25) is 0 Å². The highest BCUT2D eigenvalue weighted by Crippen LogP contribution is 2.29. The number of rotatable bonds is 5. The Morgan fingerprint density at radius 1 is 1.00 bits per heavy atom. The Balaban J connectivity index is 0.00000243. The summed E-state index contributed by atoms with van der Waals surface area (Å²) in [4.78, 5) is 0.291. The molecule has 4 nitrogen and oxygen atoms in total. The van der Waals surface area contributed by atoms with Crippen molar-refractivity contribution in [2.75, 3.05) is 7.05 Å². The highest BCUT2D eigenvalue weighted by Gasteiger charge is 2.22. The second-order valence-corrected chi connectivity index (χ2v) is 8.01. The molecule has 3 rings (SSSR count). The topological polar surface area (TPSA) is 51.1 Å². The minimum Gasteiger partial charge on any atom is -0.316 e. The Bertz CT molecular complexity index is 993. The van der Waals surface area contributed by atoms with Gasteiger partial charge in [-0.1, -0.05) is 42.0 Å². The average molecular weight is 391 g/mol. The molecule has 26 heavy (non-hydrogen) atoms. The monoisotopic (exact) mass is 390 g/mol. The van der Waals surface area contributed by atoms with Crippen LogP contribution in [0.3, 0.4) is 0 Å². The second kappa shape index (κ2) is 8.08. The fourth-order valence-corrected chi connectivity index (χ4v) is 4.27. The van der Waals surface area contributed by atoms with Crippen molar-refractivity contribution in [3.8, 4) is 11.3 Å². The van der Waals surface area contributed by atoms with Crippen LogP contribution in [-0.4, -0.2) is 19.4 Å². The van der Waals surface area contributed by atoms with Gasteiger partial charge in [0.25, 0.3) is 10.0 Å². The van der Waals surface area contributed by atoms with Gasteiger partial charge in [0.15, 0.2) is 0 Å². The van der Waals surface area contributed by atoms with Gasteiger partial charge in [0, 0.05) is 18.3 Å². The first-order chi connectivity index (χ1) is 11.9. The molecular formula is C20H23ClN2O2S. The molecule has 0 aliphatic rings. The smallest absolute Gasteiger partial charge is 0.268 e. The van der Waals surface area contributed by atoms with Gasteiger partial charge < -0.3 is 5.32 Å². The molecule has 0 fully saturated rings. The van der Waals surface area contributed by atoms with E-state index in [-0.39, 0.29) is 12.4 Å². The summed E-state index contributed by atoms with van der Waals surface area (Å²) in [6, 6.07) is 16.7. The molecule has 0 aliphatic carbocycles. The van der Waals surface area contributed by atoms with E-state index in [2.05, 4.69) is 5.32 Å². The van der Waals surface area contributed by atoms with Crippen molar-refractivity contribution in [1.82, 2.24) is 9.29 Å². The van der Waals surface area contributed by atoms with Gasteiger partial charge in [0.1, 0.15) is 0 Å². The van der Waals surface area contributed by atoms with Crippen LogP contribution in [0.5, 0.6) is 0 Å². The summed E-state index contributed by atoms with van der Waals surface area (Å²) >= 11 is 0. The van der Waals surface area contributed by atoms with E-state index in [9.17, 15) is 8.42 Å². The summed E-state index contributed by atoms with van der Waals surface area (Å²) in [5.41, 5.74) is 4.60. The molecule has 1 N–H and O–H groups in total. The van der Waals surface area contributed by atoms with Crippen molar-refractivity contribution in [3.05, 3.63) is 77.5 Å². The average Bonchev–Trinajstić information content (AvgIpc) is 3.00. The normalized spacial score (nSPS) is 11.2. The SMILES string of the molecule is CNCc1cc(-c2ccccc2C)n(S(=O)(=O)c2ccc(C)cc2)c1.Cl. The number of nitrogens with one attached hydrogen (secondary N) is 1. The number of hydrogen-bond acceptors (Lipinski definition) is 3. The second-order valence-electron chi connectivity index (χ2n) is 6.19. The van der Waals surface area contributed by atoms with E-state index in [0.717, 1.165) is 22.3 Å². The van der Waals surface area contributed by atoms with E-state index in [4.69, 9.17) is 0 Å². The Morgan fingerprint density at radius 3 is 2.27 bits per heavy atom. The summed E-state index contributed by atoms with van der Waals surface area (Å²) in [5, 5.41) is 3.08. The van der Waals surface area contributed by atoms with Crippen molar-refractivity contribution in [2.24, 2.45) is 0 Å². The van der Waals surface area contributed by atoms with Crippen LogP contribution in [0.25, 0.3) is 11.3 Å². The molecule has 0 saturated carbocycles. The predicted molar refractivity (Wildman–Crippen MR) is 108 cm³/mol. The van der Waals surface area contributed by atoms with Crippen LogP contribution in [0.15, 0.2) is 65.7 Å². The Labute approximate surface area is 161 Å². The summed E-state index contributed by atoms with van der Waals surface area (Å²) in [7, 11) is -1.81. The molecule has 0 bridgehead atoms. The van der Waals surface area contributed by atoms with Crippen LogP contribution in [-0.2, 0) is 16.6 Å². The Kier molecular flexibility index (Phi) is 6.29. The molecule has 138 valence electrons.